The fourth-order valence-electron chi connectivity index (χ4n) is 2.43. The Kier molecular flexibility index (Phi) is 4.31. The second-order valence-corrected chi connectivity index (χ2v) is 7.40. The molecular formula is C16H11F3N2O6S. The molecule has 0 bridgehead atoms. The average Bonchev–Trinajstić information content (AvgIpc) is 3.38. The number of nitrogens with one attached hydrogen (secondary N) is 1. The lowest BCUT2D eigenvalue weighted by Gasteiger charge is -2.05. The lowest BCUT2D eigenvalue weighted by molar-refractivity contribution is -0.155. The van der Waals surface area contributed by atoms with Crippen LogP contribution in [0.2, 0.25) is 0 Å². The molecular weight excluding hydrogens is 405 g/mol. The molecule has 12 heteroatoms. The van der Waals surface area contributed by atoms with Gasteiger partial charge in [-0.05, 0) is 29.8 Å². The predicted molar refractivity (Wildman–Crippen MR) is 85.8 cm³/mol. The zero-order chi connectivity index (χ0) is 19.9. The van der Waals surface area contributed by atoms with E-state index in [1.54, 1.807) is 18.2 Å². The van der Waals surface area contributed by atoms with Crippen LogP contribution in [0.4, 0.5) is 13.2 Å². The molecule has 0 fully saturated rings. The van der Waals surface area contributed by atoms with Gasteiger partial charge in [0.1, 0.15) is 5.69 Å². The van der Waals surface area contributed by atoms with Gasteiger partial charge in [0.2, 0.25) is 17.6 Å². The molecule has 0 amide bonds. The minimum atomic E-state index is -4.71. The zero-order valence-electron chi connectivity index (χ0n) is 13.8. The molecule has 1 aliphatic rings. The van der Waals surface area contributed by atoms with Crippen molar-refractivity contribution in [2.75, 3.05) is 6.79 Å². The van der Waals surface area contributed by atoms with Gasteiger partial charge >= 0.3 is 6.18 Å². The number of fused-ring (bicyclic) bond motifs is 1. The summed E-state index contributed by atoms with van der Waals surface area (Å²) in [5.41, 5.74) is 0.343. The predicted octanol–water partition coefficient (Wildman–Crippen LogP) is 3.16. The Morgan fingerprint density at radius 3 is 2.61 bits per heavy atom. The van der Waals surface area contributed by atoms with Gasteiger partial charge in [0.05, 0.1) is 0 Å². The Bertz CT molecular complexity index is 1120. The molecule has 3 aromatic rings. The van der Waals surface area contributed by atoms with Crippen LogP contribution in [-0.2, 0) is 22.7 Å². The summed E-state index contributed by atoms with van der Waals surface area (Å²) in [7, 11) is -4.05. The molecule has 148 valence electrons. The van der Waals surface area contributed by atoms with E-state index in [2.05, 4.69) is 14.4 Å². The van der Waals surface area contributed by atoms with E-state index in [-0.39, 0.29) is 24.8 Å². The lowest BCUT2D eigenvalue weighted by atomic mass is 10.2. The van der Waals surface area contributed by atoms with Gasteiger partial charge in [0, 0.05) is 12.6 Å². The fourth-order valence-corrected chi connectivity index (χ4v) is 3.37. The van der Waals surface area contributed by atoms with Crippen molar-refractivity contribution in [3.05, 3.63) is 47.7 Å². The summed E-state index contributed by atoms with van der Waals surface area (Å²) in [6.45, 7) is 0.0367. The van der Waals surface area contributed by atoms with Crippen molar-refractivity contribution in [3.63, 3.8) is 0 Å². The Balaban J connectivity index is 1.48. The van der Waals surface area contributed by atoms with E-state index in [1.807, 2.05) is 0 Å². The van der Waals surface area contributed by atoms with Crippen LogP contribution in [0.25, 0.3) is 11.5 Å². The second-order valence-electron chi connectivity index (χ2n) is 5.71. The number of sulfonamides is 1. The molecule has 0 radical (unpaired) electrons. The van der Waals surface area contributed by atoms with Crippen LogP contribution in [0.15, 0.2) is 50.4 Å². The summed E-state index contributed by atoms with van der Waals surface area (Å²) in [5.74, 6) is -0.427. The number of alkyl halides is 3. The van der Waals surface area contributed by atoms with Gasteiger partial charge in [-0.1, -0.05) is 11.2 Å². The zero-order valence-corrected chi connectivity index (χ0v) is 14.6. The summed E-state index contributed by atoms with van der Waals surface area (Å²) >= 11 is 0. The van der Waals surface area contributed by atoms with Crippen molar-refractivity contribution in [3.8, 4) is 23.0 Å². The third-order valence-electron chi connectivity index (χ3n) is 3.79. The third-order valence-corrected chi connectivity index (χ3v) is 5.06. The molecule has 1 N–H and O–H groups in total. The van der Waals surface area contributed by atoms with Gasteiger partial charge in [-0.25, -0.2) is 13.1 Å². The van der Waals surface area contributed by atoms with Gasteiger partial charge in [-0.2, -0.15) is 13.2 Å². The van der Waals surface area contributed by atoms with Crippen LogP contribution >= 0.6 is 0 Å². The van der Waals surface area contributed by atoms with Crippen LogP contribution in [0, 0.1) is 0 Å². The van der Waals surface area contributed by atoms with Gasteiger partial charge in [0.25, 0.3) is 10.0 Å². The van der Waals surface area contributed by atoms with E-state index in [4.69, 9.17) is 13.9 Å². The van der Waals surface area contributed by atoms with Crippen LogP contribution < -0.4 is 14.2 Å². The SMILES string of the molecule is O=S(=O)(NCc1ccc2c(c1)OCO2)c1ccc(-c2cc(C(F)(F)F)on2)o1. The van der Waals surface area contributed by atoms with Gasteiger partial charge < -0.3 is 18.4 Å². The Hall–Kier alpha value is -2.99. The Labute approximate surface area is 155 Å². The largest absolute Gasteiger partial charge is 0.454 e. The van der Waals surface area contributed by atoms with Crippen LogP contribution in [0.5, 0.6) is 11.5 Å². The van der Waals surface area contributed by atoms with Gasteiger partial charge in [-0.15, -0.1) is 0 Å². The first-order valence-corrected chi connectivity index (χ1v) is 9.23. The standard InChI is InChI=1S/C16H11F3N2O6S/c17-16(18,19)14-6-10(21-27-14)11-3-4-15(26-11)28(22,23)20-7-9-1-2-12-13(5-9)25-8-24-12/h1-6,20H,7-8H2. The van der Waals surface area contributed by atoms with Crippen molar-refractivity contribution in [2.45, 2.75) is 17.8 Å². The quantitative estimate of drug-likeness (QED) is 0.681. The van der Waals surface area contributed by atoms with E-state index < -0.39 is 27.1 Å². The fraction of sp³-hybridized carbons (Fsp3) is 0.188. The minimum Gasteiger partial charge on any atom is -0.454 e. The van der Waals surface area contributed by atoms with Gasteiger partial charge in [0.15, 0.2) is 17.3 Å². The highest BCUT2D eigenvalue weighted by Gasteiger charge is 2.36. The van der Waals surface area contributed by atoms with E-state index >= 15 is 0 Å². The topological polar surface area (TPSA) is 104 Å². The summed E-state index contributed by atoms with van der Waals surface area (Å²) in [6.07, 6.45) is -4.71. The maximum atomic E-state index is 12.6. The molecule has 0 atom stereocenters. The molecule has 0 saturated heterocycles. The number of furan rings is 1. The average molecular weight is 416 g/mol. The first kappa shape index (κ1) is 18.4. The van der Waals surface area contributed by atoms with E-state index in [9.17, 15) is 21.6 Å². The van der Waals surface area contributed by atoms with Crippen molar-refractivity contribution < 1.29 is 40.0 Å². The molecule has 2 aromatic heterocycles. The van der Waals surface area contributed by atoms with Gasteiger partial charge in [-0.3, -0.25) is 0 Å². The summed E-state index contributed by atoms with van der Waals surface area (Å²) < 4.78 is 84.5. The molecule has 28 heavy (non-hydrogen) atoms. The Morgan fingerprint density at radius 1 is 1.07 bits per heavy atom. The number of rotatable bonds is 5. The molecule has 0 spiro atoms. The summed E-state index contributed by atoms with van der Waals surface area (Å²) in [4.78, 5) is 0. The van der Waals surface area contributed by atoms with Crippen LogP contribution in [0.3, 0.4) is 0 Å². The molecule has 8 nitrogen and oxygen atoms in total. The number of nitrogens with zero attached hydrogens (tertiary/aromatic N) is 1. The summed E-state index contributed by atoms with van der Waals surface area (Å²) in [6, 6.07) is 7.87. The maximum Gasteiger partial charge on any atom is 0.452 e. The highest BCUT2D eigenvalue weighted by atomic mass is 32.2. The number of hydrogen-bond donors (Lipinski definition) is 1. The number of halogens is 3. The number of benzene rings is 1. The molecule has 1 aliphatic heterocycles. The highest BCUT2D eigenvalue weighted by molar-refractivity contribution is 7.89. The number of ether oxygens (including phenoxy) is 2. The molecule has 1 aromatic carbocycles. The second kappa shape index (κ2) is 6.56. The van der Waals surface area contributed by atoms with Crippen molar-refractivity contribution in [1.29, 1.82) is 0 Å². The van der Waals surface area contributed by atoms with Crippen LogP contribution in [0.1, 0.15) is 11.3 Å². The maximum absolute atomic E-state index is 12.6. The van der Waals surface area contributed by atoms with Crippen molar-refractivity contribution in [1.82, 2.24) is 9.88 Å². The minimum absolute atomic E-state index is 0.0583. The van der Waals surface area contributed by atoms with E-state index in [1.165, 1.54) is 6.07 Å². The summed E-state index contributed by atoms with van der Waals surface area (Å²) in [5, 5.41) is 2.77. The Morgan fingerprint density at radius 2 is 1.86 bits per heavy atom. The first-order chi connectivity index (χ1) is 13.2. The normalized spacial score (nSPS) is 13.8. The number of hydrogen-bond acceptors (Lipinski definition) is 7. The smallest absolute Gasteiger partial charge is 0.452 e. The first-order valence-electron chi connectivity index (χ1n) is 7.75. The monoisotopic (exact) mass is 416 g/mol. The molecule has 4 rings (SSSR count). The number of aromatic nitrogens is 1. The van der Waals surface area contributed by atoms with E-state index in [0.29, 0.717) is 23.1 Å². The lowest BCUT2D eigenvalue weighted by Crippen LogP contribution is -2.22. The third kappa shape index (κ3) is 3.55. The molecule has 0 unspecified atom stereocenters. The van der Waals surface area contributed by atoms with Crippen molar-refractivity contribution >= 4 is 10.0 Å². The van der Waals surface area contributed by atoms with E-state index in [0.717, 1.165) is 6.07 Å². The highest BCUT2D eigenvalue weighted by Crippen LogP contribution is 2.34. The van der Waals surface area contributed by atoms with Crippen LogP contribution in [-0.4, -0.2) is 20.4 Å². The molecule has 0 aliphatic carbocycles. The molecule has 3 heterocycles. The molecule has 0 saturated carbocycles. The van der Waals surface area contributed by atoms with Crippen molar-refractivity contribution in [2.24, 2.45) is 0 Å².